The Labute approximate surface area is 262 Å². The highest BCUT2D eigenvalue weighted by molar-refractivity contribution is 5.89. The van der Waals surface area contributed by atoms with Crippen molar-refractivity contribution >= 4 is 40.8 Å². The number of amides is 1. The first kappa shape index (κ1) is 28.9. The third-order valence-corrected chi connectivity index (χ3v) is 9.61. The van der Waals surface area contributed by atoms with Crippen LogP contribution < -0.4 is 21.3 Å². The molecule has 3 fully saturated rings. The molecule has 7 rings (SSSR count). The van der Waals surface area contributed by atoms with Crippen LogP contribution in [-0.2, 0) is 10.3 Å². The molecular formula is C35H37FN8O. The summed E-state index contributed by atoms with van der Waals surface area (Å²) in [4.78, 5) is 31.4. The molecule has 3 aliphatic rings. The molecular weight excluding hydrogens is 567 g/mol. The molecule has 2 aliphatic heterocycles. The first-order valence-corrected chi connectivity index (χ1v) is 15.3. The molecule has 1 saturated carbocycles. The van der Waals surface area contributed by atoms with E-state index in [2.05, 4.69) is 17.1 Å². The Hall–Kier alpha value is -4.83. The van der Waals surface area contributed by atoms with Gasteiger partial charge in [0.05, 0.1) is 11.4 Å². The molecule has 1 spiro atoms. The van der Waals surface area contributed by atoms with Crippen LogP contribution in [0.1, 0.15) is 37.3 Å². The van der Waals surface area contributed by atoms with E-state index in [1.165, 1.54) is 0 Å². The molecule has 2 saturated heterocycles. The summed E-state index contributed by atoms with van der Waals surface area (Å²) in [6.07, 6.45) is 6.43. The van der Waals surface area contributed by atoms with E-state index in [0.717, 1.165) is 56.7 Å². The van der Waals surface area contributed by atoms with Crippen LogP contribution in [0.5, 0.6) is 0 Å². The van der Waals surface area contributed by atoms with Gasteiger partial charge in [-0.15, -0.1) is 0 Å². The third kappa shape index (κ3) is 5.18. The molecule has 9 nitrogen and oxygen atoms in total. The second-order valence-electron chi connectivity index (χ2n) is 12.8. The molecule has 1 amide bonds. The summed E-state index contributed by atoms with van der Waals surface area (Å²) in [6, 6.07) is 21.0. The molecule has 4 heterocycles. The van der Waals surface area contributed by atoms with Gasteiger partial charge in [-0.3, -0.25) is 9.79 Å². The number of carbonyl (C=O) groups is 1. The van der Waals surface area contributed by atoms with E-state index in [4.69, 9.17) is 21.4 Å². The predicted molar refractivity (Wildman–Crippen MR) is 177 cm³/mol. The maximum Gasteiger partial charge on any atom is 0.219 e. The van der Waals surface area contributed by atoms with Crippen molar-refractivity contribution in [1.82, 2.24) is 14.9 Å². The highest BCUT2D eigenvalue weighted by Crippen LogP contribution is 2.44. The number of aromatic nitrogens is 2. The van der Waals surface area contributed by atoms with Gasteiger partial charge in [-0.1, -0.05) is 18.2 Å². The second kappa shape index (κ2) is 11.0. The molecule has 4 aromatic rings. The Morgan fingerprint density at radius 2 is 1.78 bits per heavy atom. The second-order valence-corrected chi connectivity index (χ2v) is 12.8. The van der Waals surface area contributed by atoms with Gasteiger partial charge in [0.1, 0.15) is 11.5 Å². The standard InChI is InChI=1S/C35H37FN8O/c1-23(45)43-19-34(20-43)21-44(22-34)30-8-3-7-27(31(30)36)28-13-14-29(40-18-24-6-4-17-39-32(24)37)33(41-28)42(2)26-11-9-25(10-12-26)35(38)15-5-16-35/h3-4,6-14,17-18H,5,15-16,19-22,38H2,1-2H3,(H2,37,39). The fourth-order valence-corrected chi connectivity index (χ4v) is 6.68. The maximum atomic E-state index is 16.2. The molecule has 230 valence electrons. The van der Waals surface area contributed by atoms with E-state index in [0.29, 0.717) is 39.8 Å². The summed E-state index contributed by atoms with van der Waals surface area (Å²) in [5.41, 5.74) is 17.2. The number of rotatable bonds is 7. The van der Waals surface area contributed by atoms with Gasteiger partial charge in [0, 0.05) is 80.3 Å². The van der Waals surface area contributed by atoms with Crippen LogP contribution in [0.25, 0.3) is 11.3 Å². The number of hydrogen-bond donors (Lipinski definition) is 2. The molecule has 0 bridgehead atoms. The normalized spacial score (nSPS) is 18.0. The van der Waals surface area contributed by atoms with Crippen molar-refractivity contribution in [3.05, 3.63) is 89.9 Å². The molecule has 0 unspecified atom stereocenters. The Morgan fingerprint density at radius 1 is 1.02 bits per heavy atom. The van der Waals surface area contributed by atoms with Crippen LogP contribution in [-0.4, -0.2) is 60.2 Å². The fourth-order valence-electron chi connectivity index (χ4n) is 6.68. The quantitative estimate of drug-likeness (QED) is 0.272. The van der Waals surface area contributed by atoms with Crippen molar-refractivity contribution in [3.63, 3.8) is 0 Å². The molecule has 1 aliphatic carbocycles. The number of halogens is 1. The van der Waals surface area contributed by atoms with E-state index < -0.39 is 0 Å². The number of aliphatic imine (C=N–C) groups is 1. The van der Waals surface area contributed by atoms with Crippen LogP contribution >= 0.6 is 0 Å². The number of nitrogens with two attached hydrogens (primary N) is 2. The number of anilines is 4. The smallest absolute Gasteiger partial charge is 0.219 e. The summed E-state index contributed by atoms with van der Waals surface area (Å²) < 4.78 is 16.2. The number of nitrogens with zero attached hydrogens (tertiary/aromatic N) is 6. The number of nitrogen functional groups attached to an aromatic ring is 1. The number of benzene rings is 2. The average Bonchev–Trinajstić information content (AvgIpc) is 2.98. The van der Waals surface area contributed by atoms with Crippen LogP contribution in [0.15, 0.2) is 77.9 Å². The van der Waals surface area contributed by atoms with Crippen molar-refractivity contribution in [2.24, 2.45) is 16.1 Å². The van der Waals surface area contributed by atoms with Gasteiger partial charge in [-0.05, 0) is 73.4 Å². The minimum absolute atomic E-state index is 0.0668. The van der Waals surface area contributed by atoms with E-state index >= 15 is 4.39 Å². The van der Waals surface area contributed by atoms with Gasteiger partial charge in [-0.2, -0.15) is 0 Å². The number of hydrogen-bond acceptors (Lipinski definition) is 8. The van der Waals surface area contributed by atoms with Gasteiger partial charge in [0.15, 0.2) is 11.6 Å². The molecule has 10 heteroatoms. The van der Waals surface area contributed by atoms with Crippen LogP contribution in [0, 0.1) is 11.2 Å². The summed E-state index contributed by atoms with van der Waals surface area (Å²) >= 11 is 0. The summed E-state index contributed by atoms with van der Waals surface area (Å²) in [6.45, 7) is 4.51. The molecule has 0 atom stereocenters. The summed E-state index contributed by atoms with van der Waals surface area (Å²) in [7, 11) is 1.93. The zero-order valence-electron chi connectivity index (χ0n) is 25.6. The fraction of sp³-hybridized carbons (Fsp3) is 0.314. The van der Waals surface area contributed by atoms with E-state index in [1.54, 1.807) is 37.5 Å². The average molecular weight is 605 g/mol. The van der Waals surface area contributed by atoms with Crippen molar-refractivity contribution in [3.8, 4) is 11.3 Å². The van der Waals surface area contributed by atoms with Crippen molar-refractivity contribution < 1.29 is 9.18 Å². The SMILES string of the molecule is CC(=O)N1CC2(C1)CN(c1cccc(-c3ccc(N=Cc4cccnc4N)c(N(C)c4ccc(C5(N)CCC5)cc4)n3)c1F)C2. The van der Waals surface area contributed by atoms with Crippen LogP contribution in [0.4, 0.5) is 33.1 Å². The lowest BCUT2D eigenvalue weighted by atomic mass is 9.72. The van der Waals surface area contributed by atoms with Gasteiger partial charge in [0.25, 0.3) is 0 Å². The lowest BCUT2D eigenvalue weighted by molar-refractivity contribution is -0.142. The minimum atomic E-state index is -0.311. The van der Waals surface area contributed by atoms with Crippen LogP contribution in [0.3, 0.4) is 0 Å². The molecule has 4 N–H and O–H groups in total. The Bertz CT molecular complexity index is 1790. The highest BCUT2D eigenvalue weighted by atomic mass is 19.1. The minimum Gasteiger partial charge on any atom is -0.383 e. The molecule has 0 radical (unpaired) electrons. The molecule has 2 aromatic heterocycles. The molecule has 2 aromatic carbocycles. The van der Waals surface area contributed by atoms with E-state index in [-0.39, 0.29) is 22.7 Å². The summed E-state index contributed by atoms with van der Waals surface area (Å²) in [5, 5.41) is 0. The Kier molecular flexibility index (Phi) is 7.04. The number of likely N-dealkylation sites (tertiary alicyclic amines) is 1. The van der Waals surface area contributed by atoms with Crippen molar-refractivity contribution in [2.45, 2.75) is 31.7 Å². The predicted octanol–water partition coefficient (Wildman–Crippen LogP) is 5.39. The van der Waals surface area contributed by atoms with Gasteiger partial charge < -0.3 is 26.2 Å². The van der Waals surface area contributed by atoms with Crippen molar-refractivity contribution in [2.75, 3.05) is 48.8 Å². The monoisotopic (exact) mass is 604 g/mol. The number of carbonyl (C=O) groups excluding carboxylic acids is 1. The highest BCUT2D eigenvalue weighted by Gasteiger charge is 2.53. The third-order valence-electron chi connectivity index (χ3n) is 9.61. The van der Waals surface area contributed by atoms with Crippen LogP contribution in [0.2, 0.25) is 0 Å². The molecule has 45 heavy (non-hydrogen) atoms. The van der Waals surface area contributed by atoms with Crippen molar-refractivity contribution in [1.29, 1.82) is 0 Å². The largest absolute Gasteiger partial charge is 0.383 e. The van der Waals surface area contributed by atoms with Gasteiger partial charge in [-0.25, -0.2) is 14.4 Å². The maximum absolute atomic E-state index is 16.2. The van der Waals surface area contributed by atoms with E-state index in [1.807, 2.05) is 58.1 Å². The topological polar surface area (TPSA) is 117 Å². The Balaban J connectivity index is 1.21. The Morgan fingerprint density at radius 3 is 2.44 bits per heavy atom. The lowest BCUT2D eigenvalue weighted by Gasteiger charge is -2.60. The lowest BCUT2D eigenvalue weighted by Crippen LogP contribution is -2.73. The first-order valence-electron chi connectivity index (χ1n) is 15.3. The van der Waals surface area contributed by atoms with E-state index in [9.17, 15) is 4.79 Å². The summed E-state index contributed by atoms with van der Waals surface area (Å²) in [5.74, 6) is 0.726. The van der Waals surface area contributed by atoms with Gasteiger partial charge in [0.2, 0.25) is 5.91 Å². The zero-order valence-corrected chi connectivity index (χ0v) is 25.6. The first-order chi connectivity index (χ1) is 21.6. The van der Waals surface area contributed by atoms with Gasteiger partial charge >= 0.3 is 0 Å². The number of pyridine rings is 2. The zero-order chi connectivity index (χ0) is 31.3.